The van der Waals surface area contributed by atoms with E-state index in [1.165, 1.54) is 17.1 Å². The maximum Gasteiger partial charge on any atom is 0.343 e. The Hall–Kier alpha value is -5.41. The largest absolute Gasteiger partial charge is 0.458 e. The lowest BCUT2D eigenvalue weighted by molar-refractivity contribution is -0.172. The van der Waals surface area contributed by atoms with E-state index in [9.17, 15) is 39.0 Å². The fourth-order valence-corrected chi connectivity index (χ4v) is 8.31. The molecule has 15 heteroatoms. The maximum atomic E-state index is 13.7. The molecule has 1 unspecified atom stereocenters. The van der Waals surface area contributed by atoms with Gasteiger partial charge in [0.05, 0.1) is 29.0 Å². The first-order chi connectivity index (χ1) is 26.7. The van der Waals surface area contributed by atoms with Gasteiger partial charge < -0.3 is 40.4 Å². The smallest absolute Gasteiger partial charge is 0.343 e. The molecule has 296 valence electrons. The number of aromatic nitrogens is 2. The number of benzene rings is 1. The highest BCUT2D eigenvalue weighted by Gasteiger charge is 2.45. The van der Waals surface area contributed by atoms with Gasteiger partial charge in [-0.05, 0) is 86.8 Å². The number of hydrogen-bond donors (Lipinski definition) is 5. The number of aryl methyl sites for hydroxylation is 2. The highest BCUT2D eigenvalue weighted by molar-refractivity contribution is 6.02. The van der Waals surface area contributed by atoms with E-state index in [0.29, 0.717) is 54.8 Å². The van der Waals surface area contributed by atoms with Crippen LogP contribution in [0.25, 0.3) is 22.3 Å². The van der Waals surface area contributed by atoms with Crippen LogP contribution in [-0.2, 0) is 60.3 Å². The van der Waals surface area contributed by atoms with Crippen LogP contribution in [0.2, 0.25) is 0 Å². The molecule has 4 amide bonds. The molecule has 0 spiro atoms. The van der Waals surface area contributed by atoms with Crippen LogP contribution in [0.1, 0.15) is 94.0 Å². The molecular formula is C41H48N6O9. The molecule has 7 rings (SSSR count). The molecule has 0 radical (unpaired) electrons. The third kappa shape index (κ3) is 6.87. The number of carbonyl (C=O) groups excluding carboxylic acids is 5. The number of carbonyl (C=O) groups is 5. The van der Waals surface area contributed by atoms with Crippen molar-refractivity contribution in [2.75, 3.05) is 11.9 Å². The number of aliphatic hydroxyl groups excluding tert-OH is 1. The number of fused-ring (bicyclic) bond motifs is 5. The molecule has 5 N–H and O–H groups in total. The molecule has 2 aromatic heterocycles. The topological polar surface area (TPSA) is 209 Å². The number of esters is 1. The van der Waals surface area contributed by atoms with Crippen LogP contribution in [0, 0.1) is 5.92 Å². The van der Waals surface area contributed by atoms with Crippen LogP contribution in [0.5, 0.6) is 0 Å². The zero-order chi connectivity index (χ0) is 40.1. The summed E-state index contributed by atoms with van der Waals surface area (Å²) in [5.74, 6) is -2.45. The van der Waals surface area contributed by atoms with Gasteiger partial charge in [-0.25, -0.2) is 9.78 Å². The van der Waals surface area contributed by atoms with Crippen molar-refractivity contribution in [2.45, 2.75) is 116 Å². The monoisotopic (exact) mass is 768 g/mol. The number of ether oxygens (including phenoxy) is 1. The van der Waals surface area contributed by atoms with Gasteiger partial charge in [0.25, 0.3) is 5.56 Å². The fraction of sp³-hybridized carbons (Fsp3) is 0.488. The second-order valence-electron chi connectivity index (χ2n) is 15.5. The van der Waals surface area contributed by atoms with Gasteiger partial charge in [-0.1, -0.05) is 27.2 Å². The summed E-state index contributed by atoms with van der Waals surface area (Å²) in [4.78, 5) is 84.2. The van der Waals surface area contributed by atoms with Crippen molar-refractivity contribution < 1.29 is 38.9 Å². The van der Waals surface area contributed by atoms with Crippen LogP contribution in [-0.4, -0.2) is 79.1 Å². The summed E-state index contributed by atoms with van der Waals surface area (Å²) in [5.41, 5.74) is 3.61. The molecule has 4 atom stereocenters. The van der Waals surface area contributed by atoms with Gasteiger partial charge in [-0.3, -0.25) is 24.0 Å². The van der Waals surface area contributed by atoms with Crippen molar-refractivity contribution in [2.24, 2.45) is 5.92 Å². The minimum absolute atomic E-state index is 0.0536. The molecular weight excluding hydrogens is 720 g/mol. The second-order valence-corrected chi connectivity index (χ2v) is 15.5. The summed E-state index contributed by atoms with van der Waals surface area (Å²) in [5, 5.41) is 30.6. The Morgan fingerprint density at radius 1 is 1.00 bits per heavy atom. The Bertz CT molecular complexity index is 2250. The van der Waals surface area contributed by atoms with Gasteiger partial charge in [0, 0.05) is 41.2 Å². The molecule has 0 bridgehead atoms. The van der Waals surface area contributed by atoms with Crippen LogP contribution >= 0.6 is 0 Å². The number of nitrogens with zero attached hydrogens (tertiary/aromatic N) is 3. The molecule has 1 aromatic carbocycles. The van der Waals surface area contributed by atoms with E-state index in [-0.39, 0.29) is 60.4 Å². The number of nitrogens with one attached hydrogen (secondary N) is 3. The molecule has 15 nitrogen and oxygen atoms in total. The highest BCUT2D eigenvalue weighted by Crippen LogP contribution is 2.43. The number of pyridine rings is 2. The van der Waals surface area contributed by atoms with Crippen LogP contribution in [0.3, 0.4) is 0 Å². The minimum atomic E-state index is -1.92. The Kier molecular flexibility index (Phi) is 10.6. The molecule has 1 aliphatic carbocycles. The van der Waals surface area contributed by atoms with Crippen molar-refractivity contribution in [3.63, 3.8) is 0 Å². The average molecular weight is 769 g/mol. The number of aliphatic hydroxyl groups is 2. The van der Waals surface area contributed by atoms with E-state index in [1.807, 2.05) is 19.9 Å². The molecule has 0 fully saturated rings. The molecule has 56 heavy (non-hydrogen) atoms. The van der Waals surface area contributed by atoms with E-state index in [1.54, 1.807) is 30.5 Å². The van der Waals surface area contributed by atoms with Crippen molar-refractivity contribution >= 4 is 46.2 Å². The summed E-state index contributed by atoms with van der Waals surface area (Å²) in [7, 11) is 0. The van der Waals surface area contributed by atoms with Crippen molar-refractivity contribution in [3.05, 3.63) is 68.5 Å². The third-order valence-electron chi connectivity index (χ3n) is 11.5. The van der Waals surface area contributed by atoms with E-state index in [2.05, 4.69) is 16.0 Å². The SMILES string of the molecule is CC[C@@]1(O)C(=O)OCc2c1cc1n(c2=O)Cc2c-1nc1ccc(NC(=O)[C@H](C)NC(=O)[C@@H](NC(=O)CCCCCN3C(=O)C=CC3O)C(C)C)c3c1c2CCC3. The van der Waals surface area contributed by atoms with Gasteiger partial charge in [0.15, 0.2) is 5.60 Å². The Labute approximate surface area is 323 Å². The summed E-state index contributed by atoms with van der Waals surface area (Å²) in [6, 6.07) is 3.54. The minimum Gasteiger partial charge on any atom is -0.458 e. The number of rotatable bonds is 13. The number of anilines is 1. The summed E-state index contributed by atoms with van der Waals surface area (Å²) in [6.07, 6.45) is 6.16. The predicted octanol–water partition coefficient (Wildman–Crippen LogP) is 2.43. The molecule has 0 saturated heterocycles. The number of amides is 4. The summed E-state index contributed by atoms with van der Waals surface area (Å²) < 4.78 is 6.84. The van der Waals surface area contributed by atoms with Gasteiger partial charge in [0.2, 0.25) is 23.6 Å². The zero-order valence-corrected chi connectivity index (χ0v) is 32.1. The van der Waals surface area contributed by atoms with Crippen molar-refractivity contribution in [3.8, 4) is 11.4 Å². The molecule has 4 aliphatic rings. The summed E-state index contributed by atoms with van der Waals surface area (Å²) >= 11 is 0. The van der Waals surface area contributed by atoms with E-state index >= 15 is 0 Å². The van der Waals surface area contributed by atoms with Gasteiger partial charge in [-0.2, -0.15) is 0 Å². The normalized spacial score (nSPS) is 20.3. The molecule has 3 aliphatic heterocycles. The van der Waals surface area contributed by atoms with Gasteiger partial charge in [0.1, 0.15) is 24.9 Å². The number of unbranched alkanes of at least 4 members (excludes halogenated alkanes) is 2. The fourth-order valence-electron chi connectivity index (χ4n) is 8.31. The third-order valence-corrected chi connectivity index (χ3v) is 11.5. The first-order valence-corrected chi connectivity index (χ1v) is 19.4. The molecule has 5 heterocycles. The lowest BCUT2D eigenvalue weighted by Crippen LogP contribution is -2.53. The number of hydrogen-bond acceptors (Lipinski definition) is 10. The van der Waals surface area contributed by atoms with Crippen LogP contribution in [0.15, 0.2) is 35.1 Å². The van der Waals surface area contributed by atoms with Crippen molar-refractivity contribution in [1.29, 1.82) is 0 Å². The van der Waals surface area contributed by atoms with Crippen LogP contribution < -0.4 is 21.5 Å². The van der Waals surface area contributed by atoms with E-state index in [4.69, 9.17) is 9.72 Å². The molecule has 0 saturated carbocycles. The Balaban J connectivity index is 1.02. The standard InChI is InChI=1S/C41H48N6O9/c1-5-41(55)27-18-30-36-25(19-47(30)39(53)26(27)20-56-40(41)54)23-10-9-11-24-28(13-14-29(43-36)34(23)24)44-37(51)22(4)42-38(52)35(21(2)3)45-31(48)12-7-6-8-17-46-32(49)15-16-33(46)50/h13-16,18,21-22,32,35,49,55H,5-12,17,19-20H2,1-4H3,(H,42,52)(H,44,51)(H,45,48)/t22-,32?,35-,41-/m0/s1. The second kappa shape index (κ2) is 15.3. The lowest BCUT2D eigenvalue weighted by Gasteiger charge is -2.31. The number of cyclic esters (lactones) is 1. The van der Waals surface area contributed by atoms with Crippen molar-refractivity contribution in [1.82, 2.24) is 25.1 Å². The zero-order valence-electron chi connectivity index (χ0n) is 32.1. The Morgan fingerprint density at radius 2 is 1.77 bits per heavy atom. The summed E-state index contributed by atoms with van der Waals surface area (Å²) in [6.45, 7) is 7.34. The quantitative estimate of drug-likeness (QED) is 0.0991. The lowest BCUT2D eigenvalue weighted by atomic mass is 9.85. The van der Waals surface area contributed by atoms with Gasteiger partial charge >= 0.3 is 5.97 Å². The Morgan fingerprint density at radius 3 is 2.48 bits per heavy atom. The predicted molar refractivity (Wildman–Crippen MR) is 205 cm³/mol. The van der Waals surface area contributed by atoms with Gasteiger partial charge in [-0.15, -0.1) is 0 Å². The van der Waals surface area contributed by atoms with E-state index < -0.39 is 41.7 Å². The highest BCUT2D eigenvalue weighted by atomic mass is 16.6. The average Bonchev–Trinajstić information content (AvgIpc) is 3.71. The van der Waals surface area contributed by atoms with Crippen LogP contribution in [0.4, 0.5) is 5.69 Å². The maximum absolute atomic E-state index is 13.7. The first-order valence-electron chi connectivity index (χ1n) is 19.4. The first kappa shape index (κ1) is 38.8. The molecule has 3 aromatic rings. The van der Waals surface area contributed by atoms with E-state index in [0.717, 1.165) is 34.9 Å².